The van der Waals surface area contributed by atoms with Crippen molar-refractivity contribution in [1.82, 2.24) is 0 Å². The van der Waals surface area contributed by atoms with Crippen LogP contribution in [0, 0.1) is 0 Å². The molecule has 2 aliphatic rings. The summed E-state index contributed by atoms with van der Waals surface area (Å²) in [4.78, 5) is 23.9. The predicted octanol–water partition coefficient (Wildman–Crippen LogP) is -3.32. The molecule has 2 saturated heterocycles. The molecule has 0 spiro atoms. The molecule has 208 valence electrons. The average Bonchev–Trinajstić information content (AvgIpc) is 2.90. The zero-order valence-electron chi connectivity index (χ0n) is 19.7. The molecular weight excluding hydrogens is 500 g/mol. The van der Waals surface area contributed by atoms with E-state index in [1.807, 2.05) is 6.07 Å². The second-order valence-corrected chi connectivity index (χ2v) is 8.68. The van der Waals surface area contributed by atoms with Gasteiger partial charge in [0.1, 0.15) is 62.0 Å². The van der Waals surface area contributed by atoms with Gasteiger partial charge in [0.2, 0.25) is 0 Å². The highest BCUT2D eigenvalue weighted by Gasteiger charge is 2.49. The molecule has 2 heterocycles. The van der Waals surface area contributed by atoms with Crippen molar-refractivity contribution < 1.29 is 69.0 Å². The van der Waals surface area contributed by atoms with Gasteiger partial charge in [-0.1, -0.05) is 30.3 Å². The molecular formula is C23H32O14. The van der Waals surface area contributed by atoms with Gasteiger partial charge in [-0.3, -0.25) is 9.59 Å². The summed E-state index contributed by atoms with van der Waals surface area (Å²) in [6.45, 7) is -1.26. The predicted molar refractivity (Wildman–Crippen MR) is 118 cm³/mol. The SMILES string of the molecule is O=C(CCC(=O)OC[C@H]1O[C@H](O[C@H]2O[C@H](CO)[C@@H](O)[C@H](O)[C@H]2O)[C@H](O)[C@@H](O)[C@@H]1O)OCc1ccccc1. The molecule has 7 N–H and O–H groups in total. The van der Waals surface area contributed by atoms with Gasteiger partial charge < -0.3 is 59.4 Å². The molecule has 14 nitrogen and oxygen atoms in total. The van der Waals surface area contributed by atoms with Crippen molar-refractivity contribution in [2.24, 2.45) is 0 Å². The summed E-state index contributed by atoms with van der Waals surface area (Å²) in [5.74, 6) is -1.44. The number of aliphatic hydroxyl groups is 7. The Morgan fingerprint density at radius 2 is 1.22 bits per heavy atom. The molecule has 2 aliphatic heterocycles. The normalized spacial score (nSPS) is 36.1. The third kappa shape index (κ3) is 7.64. The molecule has 0 amide bonds. The number of benzene rings is 1. The third-order valence-electron chi connectivity index (χ3n) is 5.97. The molecule has 3 rings (SSSR count). The highest BCUT2D eigenvalue weighted by atomic mass is 16.8. The number of aliphatic hydroxyl groups excluding tert-OH is 7. The Bertz CT molecular complexity index is 866. The Kier molecular flexibility index (Phi) is 10.7. The Morgan fingerprint density at radius 1 is 0.703 bits per heavy atom. The van der Waals surface area contributed by atoms with Gasteiger partial charge >= 0.3 is 11.9 Å². The second kappa shape index (κ2) is 13.5. The first kappa shape index (κ1) is 29.3. The summed E-state index contributed by atoms with van der Waals surface area (Å²) in [6, 6.07) is 8.95. The highest BCUT2D eigenvalue weighted by Crippen LogP contribution is 2.28. The van der Waals surface area contributed by atoms with Crippen LogP contribution >= 0.6 is 0 Å². The van der Waals surface area contributed by atoms with E-state index >= 15 is 0 Å². The maximum atomic E-state index is 12.1. The minimum Gasteiger partial charge on any atom is -0.463 e. The fraction of sp³-hybridized carbons (Fsp3) is 0.652. The summed E-state index contributed by atoms with van der Waals surface area (Å²) in [5.41, 5.74) is 0.781. The van der Waals surface area contributed by atoms with Crippen LogP contribution in [0.4, 0.5) is 0 Å². The van der Waals surface area contributed by atoms with Crippen molar-refractivity contribution in [3.63, 3.8) is 0 Å². The van der Waals surface area contributed by atoms with Crippen molar-refractivity contribution in [1.29, 1.82) is 0 Å². The van der Waals surface area contributed by atoms with E-state index in [0.717, 1.165) is 5.56 Å². The average molecular weight is 532 g/mol. The molecule has 14 heteroatoms. The zero-order chi connectivity index (χ0) is 27.1. The molecule has 2 fully saturated rings. The van der Waals surface area contributed by atoms with E-state index in [0.29, 0.717) is 0 Å². The Balaban J connectivity index is 1.47. The molecule has 0 bridgehead atoms. The lowest BCUT2D eigenvalue weighted by Crippen LogP contribution is -2.63. The number of carbonyl (C=O) groups is 2. The number of carbonyl (C=O) groups excluding carboxylic acids is 2. The Hall–Kier alpha value is -2.24. The molecule has 1 aromatic carbocycles. The number of rotatable bonds is 10. The zero-order valence-corrected chi connectivity index (χ0v) is 19.7. The monoisotopic (exact) mass is 532 g/mol. The molecule has 37 heavy (non-hydrogen) atoms. The summed E-state index contributed by atoms with van der Waals surface area (Å²) < 4.78 is 25.9. The van der Waals surface area contributed by atoms with E-state index in [1.54, 1.807) is 24.3 Å². The molecule has 0 aromatic heterocycles. The number of hydrogen-bond acceptors (Lipinski definition) is 14. The Morgan fingerprint density at radius 3 is 1.78 bits per heavy atom. The van der Waals surface area contributed by atoms with Gasteiger partial charge in [-0.15, -0.1) is 0 Å². The lowest BCUT2D eigenvalue weighted by Gasteiger charge is -2.44. The summed E-state index contributed by atoms with van der Waals surface area (Å²) in [5, 5.41) is 69.7. The van der Waals surface area contributed by atoms with Gasteiger partial charge in [-0.05, 0) is 5.56 Å². The van der Waals surface area contributed by atoms with Crippen LogP contribution in [0.5, 0.6) is 0 Å². The highest BCUT2D eigenvalue weighted by molar-refractivity contribution is 5.77. The van der Waals surface area contributed by atoms with E-state index < -0.39 is 86.6 Å². The summed E-state index contributed by atoms with van der Waals surface area (Å²) in [7, 11) is 0. The first-order valence-electron chi connectivity index (χ1n) is 11.6. The van der Waals surface area contributed by atoms with Crippen LogP contribution in [0.3, 0.4) is 0 Å². The molecule has 0 radical (unpaired) electrons. The topological polar surface area (TPSA) is 222 Å². The minimum absolute atomic E-state index is 0.0485. The van der Waals surface area contributed by atoms with Crippen LogP contribution in [0.15, 0.2) is 30.3 Å². The lowest BCUT2D eigenvalue weighted by atomic mass is 9.98. The van der Waals surface area contributed by atoms with Crippen molar-refractivity contribution >= 4 is 11.9 Å². The molecule has 0 saturated carbocycles. The van der Waals surface area contributed by atoms with E-state index in [4.69, 9.17) is 23.7 Å². The van der Waals surface area contributed by atoms with Crippen LogP contribution < -0.4 is 0 Å². The van der Waals surface area contributed by atoms with Crippen molar-refractivity contribution in [2.45, 2.75) is 80.9 Å². The first-order chi connectivity index (χ1) is 17.6. The van der Waals surface area contributed by atoms with E-state index in [2.05, 4.69) is 0 Å². The molecule has 0 unspecified atom stereocenters. The fourth-order valence-electron chi connectivity index (χ4n) is 3.74. The maximum Gasteiger partial charge on any atom is 0.306 e. The molecule has 1 aromatic rings. The smallest absolute Gasteiger partial charge is 0.306 e. The number of hydrogen-bond donors (Lipinski definition) is 7. The quantitative estimate of drug-likeness (QED) is 0.147. The van der Waals surface area contributed by atoms with Crippen LogP contribution in [0.2, 0.25) is 0 Å². The minimum atomic E-state index is -1.84. The van der Waals surface area contributed by atoms with Gasteiger partial charge in [0.15, 0.2) is 12.6 Å². The lowest BCUT2D eigenvalue weighted by molar-refractivity contribution is -0.376. The van der Waals surface area contributed by atoms with Gasteiger partial charge in [0.25, 0.3) is 0 Å². The maximum absolute atomic E-state index is 12.1. The number of ether oxygens (including phenoxy) is 5. The van der Waals surface area contributed by atoms with Crippen LogP contribution in [0.25, 0.3) is 0 Å². The van der Waals surface area contributed by atoms with E-state index in [1.165, 1.54) is 0 Å². The van der Waals surface area contributed by atoms with Crippen molar-refractivity contribution in [2.75, 3.05) is 13.2 Å². The fourth-order valence-corrected chi connectivity index (χ4v) is 3.74. The summed E-state index contributed by atoms with van der Waals surface area (Å²) in [6.07, 6.45) is -17.3. The van der Waals surface area contributed by atoms with Crippen molar-refractivity contribution in [3.05, 3.63) is 35.9 Å². The van der Waals surface area contributed by atoms with E-state index in [-0.39, 0.29) is 19.4 Å². The Labute approximate surface area is 211 Å². The standard InChI is InChI=1S/C23H32O14/c24-8-12-16(27)18(29)20(31)22(35-12)37-23-21(32)19(30)17(28)13(36-23)10-34-15(26)7-6-14(25)33-9-11-4-2-1-3-5-11/h1-5,12-13,16-24,27-32H,6-10H2/t12-,13-,16-,17-,18+,19+,20-,21-,22-,23-/m1/s1. The summed E-state index contributed by atoms with van der Waals surface area (Å²) >= 11 is 0. The van der Waals surface area contributed by atoms with Crippen LogP contribution in [-0.4, -0.2) is 122 Å². The first-order valence-corrected chi connectivity index (χ1v) is 11.6. The van der Waals surface area contributed by atoms with Gasteiger partial charge in [-0.2, -0.15) is 0 Å². The van der Waals surface area contributed by atoms with Crippen molar-refractivity contribution in [3.8, 4) is 0 Å². The second-order valence-electron chi connectivity index (χ2n) is 8.68. The van der Waals surface area contributed by atoms with Crippen LogP contribution in [-0.2, 0) is 39.9 Å². The van der Waals surface area contributed by atoms with Gasteiger partial charge in [-0.25, -0.2) is 0 Å². The third-order valence-corrected chi connectivity index (χ3v) is 5.97. The molecule has 10 atom stereocenters. The van der Waals surface area contributed by atoms with Crippen LogP contribution in [0.1, 0.15) is 18.4 Å². The molecule has 0 aliphatic carbocycles. The number of esters is 2. The van der Waals surface area contributed by atoms with E-state index in [9.17, 15) is 45.3 Å². The largest absolute Gasteiger partial charge is 0.463 e. The van der Waals surface area contributed by atoms with Gasteiger partial charge in [0.05, 0.1) is 19.4 Å². The van der Waals surface area contributed by atoms with Gasteiger partial charge in [0, 0.05) is 0 Å².